The van der Waals surface area contributed by atoms with Gasteiger partial charge in [0.2, 0.25) is 6.33 Å². The highest BCUT2D eigenvalue weighted by Gasteiger charge is 2.05. The van der Waals surface area contributed by atoms with Crippen LogP contribution in [-0.2, 0) is 17.9 Å². The number of carbonyl (C=O) groups is 1. The number of hydrogen-bond acceptors (Lipinski definition) is 2. The number of imidazole rings is 1. The number of carbonyl (C=O) groups excluding carboxylic acids is 1. The maximum atomic E-state index is 12.1. The first-order chi connectivity index (χ1) is 17.8. The number of nitrogens with zero attached hydrogens (tertiary/aromatic N) is 3. The molecule has 1 aromatic rings. The summed E-state index contributed by atoms with van der Waals surface area (Å²) in [6.07, 6.45) is 28.9. The Morgan fingerprint density at radius 2 is 1.27 bits per heavy atom. The second kappa shape index (κ2) is 27.0. The van der Waals surface area contributed by atoms with E-state index in [4.69, 9.17) is 5.26 Å². The van der Waals surface area contributed by atoms with E-state index in [9.17, 15) is 4.79 Å². The average Bonchev–Trinajstić information content (AvgIpc) is 3.33. The lowest BCUT2D eigenvalue weighted by atomic mass is 10.0. The molecule has 0 N–H and O–H groups in total. The minimum atomic E-state index is 0. The van der Waals surface area contributed by atoms with Crippen molar-refractivity contribution in [2.45, 2.75) is 148 Å². The number of Topliss-reactive ketones (excluding diaryl/α,β-unsaturated/α-hetero) is 1. The standard InChI is InChI=1S/C32H50N3O.BrH/c1-2-3-4-5-6-7-8-9-10-11-12-13-14-15-16-17-18-19-20-21-24-32(36)25-22-23-27-34-29-30-35(31-34)28-26-33;/h29-31H,2-10,15-25,27-28H2,1H3;1H/q+1;/p-1. The van der Waals surface area contributed by atoms with Gasteiger partial charge in [-0.1, -0.05) is 89.4 Å². The highest BCUT2D eigenvalue weighted by molar-refractivity contribution is 5.78. The molecule has 0 spiro atoms. The molecule has 4 nitrogen and oxygen atoms in total. The van der Waals surface area contributed by atoms with E-state index in [2.05, 4.69) is 41.2 Å². The predicted octanol–water partition coefficient (Wildman–Crippen LogP) is 4.70. The van der Waals surface area contributed by atoms with Crippen LogP contribution < -0.4 is 21.5 Å². The average molecular weight is 573 g/mol. The van der Waals surface area contributed by atoms with Crippen LogP contribution in [0.2, 0.25) is 0 Å². The molecular weight excluding hydrogens is 522 g/mol. The Bertz CT molecular complexity index is 847. The molecule has 0 unspecified atom stereocenters. The van der Waals surface area contributed by atoms with E-state index in [1.54, 1.807) is 0 Å². The van der Waals surface area contributed by atoms with Crippen molar-refractivity contribution in [2.75, 3.05) is 0 Å². The van der Waals surface area contributed by atoms with Gasteiger partial charge < -0.3 is 17.0 Å². The fourth-order valence-electron chi connectivity index (χ4n) is 4.29. The van der Waals surface area contributed by atoms with Crippen molar-refractivity contribution < 1.29 is 26.3 Å². The number of nitriles is 1. The summed E-state index contributed by atoms with van der Waals surface area (Å²) in [6, 6.07) is 2.13. The minimum Gasteiger partial charge on any atom is -1.00 e. The van der Waals surface area contributed by atoms with Crippen molar-refractivity contribution in [3.63, 3.8) is 0 Å². The van der Waals surface area contributed by atoms with E-state index >= 15 is 0 Å². The third-order valence-electron chi connectivity index (χ3n) is 6.52. The molecule has 0 aliphatic heterocycles. The van der Waals surface area contributed by atoms with Gasteiger partial charge in [0.1, 0.15) is 24.2 Å². The second-order valence-electron chi connectivity index (χ2n) is 9.93. The number of hydrogen-bond donors (Lipinski definition) is 0. The Kier molecular flexibility index (Phi) is 25.5. The van der Waals surface area contributed by atoms with Crippen molar-refractivity contribution in [1.82, 2.24) is 4.57 Å². The summed E-state index contributed by atoms with van der Waals surface area (Å²) in [5, 5.41) is 8.71. The van der Waals surface area contributed by atoms with E-state index in [1.807, 2.05) is 23.3 Å². The molecule has 0 saturated heterocycles. The van der Waals surface area contributed by atoms with Crippen molar-refractivity contribution in [3.8, 4) is 29.8 Å². The summed E-state index contributed by atoms with van der Waals surface area (Å²) in [5.41, 5.74) is 0. The highest BCUT2D eigenvalue weighted by atomic mass is 79.9. The van der Waals surface area contributed by atoms with Crippen molar-refractivity contribution in [1.29, 1.82) is 5.26 Å². The lowest BCUT2D eigenvalue weighted by Gasteiger charge is -2.02. The monoisotopic (exact) mass is 571 g/mol. The van der Waals surface area contributed by atoms with Crippen LogP contribution in [0, 0.1) is 35.0 Å². The van der Waals surface area contributed by atoms with Gasteiger partial charge >= 0.3 is 0 Å². The zero-order chi connectivity index (χ0) is 25.9. The van der Waals surface area contributed by atoms with Gasteiger partial charge in [-0.15, -0.1) is 0 Å². The third-order valence-corrected chi connectivity index (χ3v) is 6.52. The molecular formula is C32H50BrN3O. The maximum absolute atomic E-state index is 12.1. The SMILES string of the molecule is CCCCCCCCCCC#CC#CCCCCCCCCC(=O)CCCC[n+]1ccn(CC#N)c1.[Br-]. The molecule has 0 atom stereocenters. The molecule has 1 heterocycles. The summed E-state index contributed by atoms with van der Waals surface area (Å²) >= 11 is 0. The Labute approximate surface area is 238 Å². The zero-order valence-corrected chi connectivity index (χ0v) is 25.0. The van der Waals surface area contributed by atoms with Gasteiger partial charge in [-0.05, 0) is 43.9 Å². The second-order valence-corrected chi connectivity index (χ2v) is 9.93. The summed E-state index contributed by atoms with van der Waals surface area (Å²) in [6.45, 7) is 3.55. The quantitative estimate of drug-likeness (QED) is 0.115. The van der Waals surface area contributed by atoms with E-state index in [1.165, 1.54) is 70.6 Å². The van der Waals surface area contributed by atoms with E-state index < -0.39 is 0 Å². The number of rotatable bonds is 22. The Balaban J connectivity index is 0.0000130. The number of halogens is 1. The van der Waals surface area contributed by atoms with Gasteiger partial charge in [-0.25, -0.2) is 9.13 Å². The Morgan fingerprint density at radius 3 is 1.84 bits per heavy atom. The summed E-state index contributed by atoms with van der Waals surface area (Å²) in [5.74, 6) is 12.8. The first-order valence-electron chi connectivity index (χ1n) is 14.7. The van der Waals surface area contributed by atoms with Gasteiger partial charge in [0.05, 0.1) is 6.54 Å². The van der Waals surface area contributed by atoms with E-state index in [-0.39, 0.29) is 17.0 Å². The van der Waals surface area contributed by atoms with Crippen LogP contribution in [0.5, 0.6) is 0 Å². The molecule has 1 aromatic heterocycles. The molecule has 0 bridgehead atoms. The molecule has 0 aromatic carbocycles. The Morgan fingerprint density at radius 1 is 0.757 bits per heavy atom. The highest BCUT2D eigenvalue weighted by Crippen LogP contribution is 2.11. The van der Waals surface area contributed by atoms with E-state index in [0.29, 0.717) is 18.7 Å². The Hall–Kier alpha value is -2.03. The van der Waals surface area contributed by atoms with Gasteiger partial charge in [-0.3, -0.25) is 4.79 Å². The number of aromatic nitrogens is 2. The lowest BCUT2D eigenvalue weighted by molar-refractivity contribution is -0.696. The topological polar surface area (TPSA) is 49.7 Å². The molecule has 0 saturated carbocycles. The number of aryl methyl sites for hydroxylation is 1. The lowest BCUT2D eigenvalue weighted by Crippen LogP contribution is -3.00. The van der Waals surface area contributed by atoms with Crippen LogP contribution in [0.4, 0.5) is 0 Å². The first kappa shape index (κ1) is 35.0. The van der Waals surface area contributed by atoms with Crippen LogP contribution in [0.15, 0.2) is 18.7 Å². The molecule has 37 heavy (non-hydrogen) atoms. The molecule has 206 valence electrons. The van der Waals surface area contributed by atoms with Gasteiger partial charge in [0.25, 0.3) is 0 Å². The molecule has 0 amide bonds. The molecule has 0 radical (unpaired) electrons. The van der Waals surface area contributed by atoms with Crippen LogP contribution in [0.25, 0.3) is 0 Å². The van der Waals surface area contributed by atoms with Crippen LogP contribution in [0.1, 0.15) is 135 Å². The summed E-state index contributed by atoms with van der Waals surface area (Å²) in [7, 11) is 0. The zero-order valence-electron chi connectivity index (χ0n) is 23.4. The molecule has 0 aliphatic carbocycles. The molecule has 0 aliphatic rings. The van der Waals surface area contributed by atoms with Gasteiger partial charge in [-0.2, -0.15) is 5.26 Å². The molecule has 5 heteroatoms. The number of unbranched alkanes of at least 4 members (excludes halogenated alkanes) is 15. The third kappa shape index (κ3) is 22.9. The van der Waals surface area contributed by atoms with Gasteiger partial charge in [0, 0.05) is 25.7 Å². The van der Waals surface area contributed by atoms with Crippen molar-refractivity contribution in [3.05, 3.63) is 18.7 Å². The number of ketones is 1. The minimum absolute atomic E-state index is 0. The van der Waals surface area contributed by atoms with Gasteiger partial charge in [0.15, 0.2) is 6.54 Å². The van der Waals surface area contributed by atoms with E-state index in [0.717, 1.165) is 57.9 Å². The normalized spacial score (nSPS) is 9.95. The largest absolute Gasteiger partial charge is 1.00 e. The van der Waals surface area contributed by atoms with Crippen LogP contribution in [0.3, 0.4) is 0 Å². The summed E-state index contributed by atoms with van der Waals surface area (Å²) < 4.78 is 3.95. The predicted molar refractivity (Wildman–Crippen MR) is 149 cm³/mol. The summed E-state index contributed by atoms with van der Waals surface area (Å²) in [4.78, 5) is 12.1. The fraction of sp³-hybridized carbons (Fsp3) is 0.719. The van der Waals surface area contributed by atoms with Crippen molar-refractivity contribution in [2.24, 2.45) is 0 Å². The van der Waals surface area contributed by atoms with Crippen LogP contribution >= 0.6 is 0 Å². The maximum Gasteiger partial charge on any atom is 0.244 e. The fourth-order valence-corrected chi connectivity index (χ4v) is 4.29. The first-order valence-corrected chi connectivity index (χ1v) is 14.7. The molecule has 0 fully saturated rings. The smallest absolute Gasteiger partial charge is 0.244 e. The molecule has 1 rings (SSSR count). The van der Waals surface area contributed by atoms with Crippen molar-refractivity contribution >= 4 is 5.78 Å². The van der Waals surface area contributed by atoms with Crippen LogP contribution in [-0.4, -0.2) is 10.4 Å².